The van der Waals surface area contributed by atoms with Crippen LogP contribution in [0.5, 0.6) is 0 Å². The van der Waals surface area contributed by atoms with E-state index < -0.39 is 0 Å². The zero-order valence-electron chi connectivity index (χ0n) is 11.3. The molecule has 1 saturated heterocycles. The van der Waals surface area contributed by atoms with Crippen LogP contribution < -0.4 is 5.32 Å². The van der Waals surface area contributed by atoms with Crippen LogP contribution in [0.25, 0.3) is 11.2 Å². The Labute approximate surface area is 113 Å². The Hall–Kier alpha value is -1.46. The second-order valence-corrected chi connectivity index (χ2v) is 5.09. The minimum absolute atomic E-state index is 0.681. The summed E-state index contributed by atoms with van der Waals surface area (Å²) in [5.41, 5.74) is 1.99. The lowest BCUT2D eigenvalue weighted by Crippen LogP contribution is -2.17. The van der Waals surface area contributed by atoms with Gasteiger partial charge in [0.05, 0.1) is 6.61 Å². The number of nitrogens with one attached hydrogen (secondary N) is 1. The molecule has 1 atom stereocenters. The Morgan fingerprint density at radius 3 is 3.26 bits per heavy atom. The molecule has 1 unspecified atom stereocenters. The van der Waals surface area contributed by atoms with Gasteiger partial charge in [-0.25, -0.2) is 9.97 Å². The fraction of sp³-hybridized carbons (Fsp3) is 0.571. The first kappa shape index (κ1) is 12.6. The highest BCUT2D eigenvalue weighted by molar-refractivity contribution is 5.71. The Morgan fingerprint density at radius 2 is 2.47 bits per heavy atom. The molecule has 0 amide bonds. The molecule has 19 heavy (non-hydrogen) atoms. The lowest BCUT2D eigenvalue weighted by Gasteiger charge is -2.13. The van der Waals surface area contributed by atoms with Gasteiger partial charge in [0.25, 0.3) is 0 Å². The summed E-state index contributed by atoms with van der Waals surface area (Å²) in [4.78, 5) is 9.18. The fourth-order valence-corrected chi connectivity index (χ4v) is 2.71. The van der Waals surface area contributed by atoms with Crippen LogP contribution >= 0.6 is 0 Å². The summed E-state index contributed by atoms with van der Waals surface area (Å²) in [7, 11) is 1.73. The monoisotopic (exact) mass is 260 g/mol. The molecule has 1 aliphatic rings. The first-order valence-corrected chi connectivity index (χ1v) is 6.88. The minimum atomic E-state index is 0.681. The summed E-state index contributed by atoms with van der Waals surface area (Å²) < 4.78 is 7.45. The molecular weight excluding hydrogens is 240 g/mol. The molecule has 0 aliphatic carbocycles. The zero-order chi connectivity index (χ0) is 13.1. The van der Waals surface area contributed by atoms with E-state index in [0.29, 0.717) is 12.5 Å². The van der Waals surface area contributed by atoms with Gasteiger partial charge in [-0.15, -0.1) is 0 Å². The van der Waals surface area contributed by atoms with Gasteiger partial charge in [-0.1, -0.05) is 0 Å². The molecule has 3 rings (SSSR count). The number of ether oxygens (including phenoxy) is 1. The van der Waals surface area contributed by atoms with Crippen molar-refractivity contribution in [3.63, 3.8) is 0 Å². The number of aromatic nitrogens is 3. The van der Waals surface area contributed by atoms with E-state index in [1.807, 2.05) is 18.3 Å². The smallest absolute Gasteiger partial charge is 0.159 e. The zero-order valence-corrected chi connectivity index (χ0v) is 11.3. The van der Waals surface area contributed by atoms with Gasteiger partial charge in [0.15, 0.2) is 5.65 Å². The number of hydrogen-bond donors (Lipinski definition) is 1. The van der Waals surface area contributed by atoms with Gasteiger partial charge in [-0.05, 0) is 37.6 Å². The molecular formula is C14H20N4O. The third kappa shape index (κ3) is 2.62. The molecule has 2 aromatic heterocycles. The number of nitrogens with zero attached hydrogens (tertiary/aromatic N) is 3. The Balaban J connectivity index is 1.92. The van der Waals surface area contributed by atoms with Crippen molar-refractivity contribution in [2.24, 2.45) is 5.92 Å². The normalized spacial score (nSPS) is 19.3. The van der Waals surface area contributed by atoms with Gasteiger partial charge in [-0.3, -0.25) is 0 Å². The van der Waals surface area contributed by atoms with Gasteiger partial charge in [0, 0.05) is 26.3 Å². The molecule has 0 bridgehead atoms. The second kappa shape index (κ2) is 5.67. The first-order valence-electron chi connectivity index (χ1n) is 6.88. The van der Waals surface area contributed by atoms with Gasteiger partial charge < -0.3 is 14.6 Å². The summed E-state index contributed by atoms with van der Waals surface area (Å²) in [5, 5.41) is 3.42. The molecule has 0 aromatic carbocycles. The Bertz CT molecular complexity index is 545. The quantitative estimate of drug-likeness (QED) is 0.878. The molecule has 0 radical (unpaired) electrons. The number of fused-ring (bicyclic) bond motifs is 1. The van der Waals surface area contributed by atoms with E-state index in [-0.39, 0.29) is 0 Å². The molecule has 0 spiro atoms. The summed E-state index contributed by atoms with van der Waals surface area (Å²) in [5.74, 6) is 1.77. The van der Waals surface area contributed by atoms with E-state index in [1.165, 1.54) is 6.42 Å². The summed E-state index contributed by atoms with van der Waals surface area (Å²) in [6.45, 7) is 3.92. The van der Waals surface area contributed by atoms with Gasteiger partial charge in [-0.2, -0.15) is 0 Å². The van der Waals surface area contributed by atoms with Crippen molar-refractivity contribution in [2.75, 3.05) is 26.8 Å². The number of hydrogen-bond acceptors (Lipinski definition) is 4. The van der Waals surface area contributed by atoms with Crippen molar-refractivity contribution in [1.29, 1.82) is 0 Å². The van der Waals surface area contributed by atoms with Crippen LogP contribution in [-0.4, -0.2) is 41.3 Å². The average Bonchev–Trinajstić information content (AvgIpc) is 3.06. The van der Waals surface area contributed by atoms with Gasteiger partial charge in [0.2, 0.25) is 0 Å². The van der Waals surface area contributed by atoms with Crippen molar-refractivity contribution in [1.82, 2.24) is 19.9 Å². The van der Waals surface area contributed by atoms with E-state index in [2.05, 4.69) is 14.9 Å². The molecule has 1 aliphatic heterocycles. The van der Waals surface area contributed by atoms with E-state index in [1.54, 1.807) is 7.11 Å². The van der Waals surface area contributed by atoms with Crippen molar-refractivity contribution in [3.8, 4) is 0 Å². The molecule has 5 nitrogen and oxygen atoms in total. The summed E-state index contributed by atoms with van der Waals surface area (Å²) >= 11 is 0. The predicted octanol–water partition coefficient (Wildman–Crippen LogP) is 1.23. The van der Waals surface area contributed by atoms with E-state index in [0.717, 1.165) is 43.0 Å². The largest absolute Gasteiger partial charge is 0.384 e. The average molecular weight is 260 g/mol. The third-order valence-electron chi connectivity index (χ3n) is 3.72. The van der Waals surface area contributed by atoms with E-state index in [9.17, 15) is 0 Å². The Morgan fingerprint density at radius 1 is 1.53 bits per heavy atom. The molecule has 1 fully saturated rings. The number of methoxy groups -OCH3 is 1. The van der Waals surface area contributed by atoms with Crippen LogP contribution in [-0.2, 0) is 17.7 Å². The maximum absolute atomic E-state index is 5.18. The van der Waals surface area contributed by atoms with Crippen LogP contribution in [0.3, 0.4) is 0 Å². The summed E-state index contributed by atoms with van der Waals surface area (Å²) in [6.07, 6.45) is 3.91. The summed E-state index contributed by atoms with van der Waals surface area (Å²) in [6, 6.07) is 3.97. The molecule has 2 aromatic rings. The maximum Gasteiger partial charge on any atom is 0.159 e. The highest BCUT2D eigenvalue weighted by Crippen LogP contribution is 2.18. The van der Waals surface area contributed by atoms with Gasteiger partial charge >= 0.3 is 0 Å². The predicted molar refractivity (Wildman–Crippen MR) is 74.1 cm³/mol. The Kier molecular flexibility index (Phi) is 3.75. The molecule has 0 saturated carbocycles. The van der Waals surface area contributed by atoms with Crippen LogP contribution in [0.2, 0.25) is 0 Å². The van der Waals surface area contributed by atoms with Crippen LogP contribution in [0, 0.1) is 5.92 Å². The van der Waals surface area contributed by atoms with Crippen molar-refractivity contribution < 1.29 is 4.74 Å². The number of pyridine rings is 1. The second-order valence-electron chi connectivity index (χ2n) is 5.09. The van der Waals surface area contributed by atoms with Crippen molar-refractivity contribution >= 4 is 11.2 Å². The van der Waals surface area contributed by atoms with Crippen molar-refractivity contribution in [2.45, 2.75) is 19.4 Å². The minimum Gasteiger partial charge on any atom is -0.384 e. The topological polar surface area (TPSA) is 52.0 Å². The highest BCUT2D eigenvalue weighted by atomic mass is 16.5. The van der Waals surface area contributed by atoms with E-state index >= 15 is 0 Å². The van der Waals surface area contributed by atoms with Crippen molar-refractivity contribution in [3.05, 3.63) is 24.2 Å². The SMILES string of the molecule is COCCc1nc2cccnc2n1CC1CCNC1. The molecule has 1 N–H and O–H groups in total. The highest BCUT2D eigenvalue weighted by Gasteiger charge is 2.19. The standard InChI is InChI=1S/C14H20N4O/c1-19-8-5-13-17-12-3-2-6-16-14(12)18(13)10-11-4-7-15-9-11/h2-3,6,11,15H,4-5,7-10H2,1H3. The lowest BCUT2D eigenvalue weighted by molar-refractivity contribution is 0.199. The molecule has 3 heterocycles. The molecule has 102 valence electrons. The number of imidazole rings is 1. The first-order chi connectivity index (χ1) is 9.38. The van der Waals surface area contributed by atoms with Crippen LogP contribution in [0.1, 0.15) is 12.2 Å². The fourth-order valence-electron chi connectivity index (χ4n) is 2.71. The van der Waals surface area contributed by atoms with Crippen LogP contribution in [0.4, 0.5) is 0 Å². The van der Waals surface area contributed by atoms with E-state index in [4.69, 9.17) is 9.72 Å². The van der Waals surface area contributed by atoms with Crippen LogP contribution in [0.15, 0.2) is 18.3 Å². The maximum atomic E-state index is 5.18. The molecule has 5 heteroatoms. The lowest BCUT2D eigenvalue weighted by atomic mass is 10.1. The third-order valence-corrected chi connectivity index (χ3v) is 3.72. The number of rotatable bonds is 5. The van der Waals surface area contributed by atoms with Gasteiger partial charge in [0.1, 0.15) is 11.3 Å².